The minimum Gasteiger partial charge on any atom is -0.493 e. The molecule has 0 fully saturated rings. The second kappa shape index (κ2) is 43.1. The Labute approximate surface area is 592 Å². The van der Waals surface area contributed by atoms with E-state index in [0.717, 1.165) is 140 Å². The molecule has 0 heterocycles. The van der Waals surface area contributed by atoms with Crippen molar-refractivity contribution in [3.8, 4) is 23.6 Å². The number of nitrogens with zero attached hydrogens (tertiary/aromatic N) is 4. The molecule has 0 aliphatic rings. The van der Waals surface area contributed by atoms with Gasteiger partial charge in [0.25, 0.3) is 0 Å². The number of nitriles is 2. The summed E-state index contributed by atoms with van der Waals surface area (Å²) in [4.78, 5) is 49.9. The van der Waals surface area contributed by atoms with Crippen LogP contribution < -0.4 is 19.3 Å². The zero-order valence-corrected chi connectivity index (χ0v) is 56.3. The molecule has 0 radical (unpaired) electrons. The molecule has 8 aromatic rings. The Balaban J connectivity index is 0.000000355. The summed E-state index contributed by atoms with van der Waals surface area (Å²) in [5.41, 5.74) is 10.1. The minimum atomic E-state index is -1.28. The van der Waals surface area contributed by atoms with Gasteiger partial charge in [-0.3, -0.25) is 9.59 Å². The second-order valence-electron chi connectivity index (χ2n) is 24.5. The number of anilines is 6. The van der Waals surface area contributed by atoms with Gasteiger partial charge in [0.15, 0.2) is 0 Å². The third-order valence-corrected chi connectivity index (χ3v) is 15.7. The average Bonchev–Trinajstić information content (AvgIpc) is 0.865. The lowest BCUT2D eigenvalue weighted by Crippen LogP contribution is -2.23. The highest BCUT2D eigenvalue weighted by Gasteiger charge is 2.18. The maximum Gasteiger partial charge on any atom is 0.346 e. The van der Waals surface area contributed by atoms with Crippen molar-refractivity contribution in [1.29, 1.82) is 10.5 Å². The van der Waals surface area contributed by atoms with Crippen molar-refractivity contribution in [2.24, 2.45) is 0 Å². The predicted octanol–water partition coefficient (Wildman–Crippen LogP) is 22.3. The number of benzene rings is 8. The van der Waals surface area contributed by atoms with Crippen LogP contribution in [-0.2, 0) is 23.9 Å². The maximum atomic E-state index is 11.9. The van der Waals surface area contributed by atoms with E-state index in [9.17, 15) is 39.9 Å². The number of para-hydroxylation sites is 4. The number of carboxylic acids is 3. The molecular weight excluding hydrogens is 1250 g/mol. The molecule has 0 aliphatic heterocycles. The Morgan fingerprint density at radius 3 is 0.990 bits per heavy atom. The Kier molecular flexibility index (Phi) is 34.3. The highest BCUT2D eigenvalue weighted by molar-refractivity contribution is 5.98. The van der Waals surface area contributed by atoms with Gasteiger partial charge in [0.05, 0.1) is 13.2 Å². The van der Waals surface area contributed by atoms with Gasteiger partial charge >= 0.3 is 23.9 Å². The molecule has 8 rings (SSSR count). The molecule has 14 nitrogen and oxygen atoms in total. The summed E-state index contributed by atoms with van der Waals surface area (Å²) in [5, 5.41) is 46.2. The van der Waals surface area contributed by atoms with E-state index in [1.165, 1.54) is 12.2 Å². The maximum absolute atomic E-state index is 11.9. The van der Waals surface area contributed by atoms with Crippen LogP contribution in [0, 0.1) is 22.7 Å². The van der Waals surface area contributed by atoms with E-state index in [2.05, 4.69) is 107 Å². The van der Waals surface area contributed by atoms with Crippen LogP contribution in [0.1, 0.15) is 172 Å². The molecule has 0 saturated heterocycles. The summed E-state index contributed by atoms with van der Waals surface area (Å²) in [5.74, 6) is -2.39. The highest BCUT2D eigenvalue weighted by atomic mass is 16.6. The van der Waals surface area contributed by atoms with Crippen LogP contribution in [0.25, 0.3) is 36.5 Å². The lowest BCUT2D eigenvalue weighted by atomic mass is 10.1. The Hall–Kier alpha value is -11.2. The first-order valence-electron chi connectivity index (χ1n) is 33.6. The molecule has 8 aromatic carbocycles. The van der Waals surface area contributed by atoms with Gasteiger partial charge in [-0.05, 0) is 166 Å². The number of ether oxygens (including phenoxy) is 3. The molecule has 0 unspecified atom stereocenters. The van der Waals surface area contributed by atoms with Crippen LogP contribution in [0.2, 0.25) is 0 Å². The number of esters is 1. The third kappa shape index (κ3) is 27.7. The number of carbonyl (C=O) groups excluding carboxylic acids is 1. The summed E-state index contributed by atoms with van der Waals surface area (Å²) >= 11 is 0. The number of carbonyl (C=O) groups is 4. The largest absolute Gasteiger partial charge is 0.493 e. The molecule has 0 bridgehead atoms. The first-order valence-corrected chi connectivity index (χ1v) is 33.6. The fourth-order valence-corrected chi connectivity index (χ4v) is 10.7. The molecule has 100 heavy (non-hydrogen) atoms. The number of hydrogen-bond donors (Lipinski definition) is 3. The number of unbranched alkanes of at least 4 members (excludes halogenated alkanes) is 12. The SMILES string of the molecule is C.C.CC(C)(C)OC(=O)CCCCCCCCCOc1cc(/C=C/c2ccc(N(c3ccccc3)c3ccccc3)cc2)ccc1/C=C(/C#N)C(=O)O.N#C/C(=C/c1ccc(/C=C/c2ccc(N(c3ccccc3)c3ccccc3)cc2)cc1OCCCCCCCCCC(=O)O)C(=O)O. The van der Waals surface area contributed by atoms with Crippen molar-refractivity contribution in [2.75, 3.05) is 23.0 Å². The van der Waals surface area contributed by atoms with Gasteiger partial charge in [0.1, 0.15) is 40.4 Å². The Bertz CT molecular complexity index is 3940. The molecule has 0 saturated carbocycles. The fraction of sp³-hybridized carbons (Fsp3) is 0.279. The van der Waals surface area contributed by atoms with Crippen LogP contribution in [-0.4, -0.2) is 58.0 Å². The summed E-state index contributed by atoms with van der Waals surface area (Å²) in [6.07, 6.45) is 24.9. The van der Waals surface area contributed by atoms with E-state index in [0.29, 0.717) is 48.7 Å². The van der Waals surface area contributed by atoms with Crippen molar-refractivity contribution < 1.29 is 48.7 Å². The zero-order valence-electron chi connectivity index (χ0n) is 56.3. The molecule has 3 N–H and O–H groups in total. The fourth-order valence-electron chi connectivity index (χ4n) is 10.7. The normalized spacial score (nSPS) is 11.2. The smallest absolute Gasteiger partial charge is 0.346 e. The molecular formula is C86H96N4O10. The van der Waals surface area contributed by atoms with E-state index in [4.69, 9.17) is 19.3 Å². The van der Waals surface area contributed by atoms with E-state index >= 15 is 0 Å². The van der Waals surface area contributed by atoms with Crippen LogP contribution in [0.5, 0.6) is 11.5 Å². The first-order chi connectivity index (χ1) is 47.6. The zero-order chi connectivity index (χ0) is 69.7. The van der Waals surface area contributed by atoms with Gasteiger partial charge in [0, 0.05) is 58.1 Å². The van der Waals surface area contributed by atoms with E-state index in [-0.39, 0.29) is 38.4 Å². The summed E-state index contributed by atoms with van der Waals surface area (Å²) in [6.45, 7) is 6.58. The third-order valence-electron chi connectivity index (χ3n) is 15.7. The molecule has 0 aromatic heterocycles. The topological polar surface area (TPSA) is 211 Å². The van der Waals surface area contributed by atoms with Crippen LogP contribution in [0.3, 0.4) is 0 Å². The Morgan fingerprint density at radius 1 is 0.390 bits per heavy atom. The van der Waals surface area contributed by atoms with Crippen molar-refractivity contribution in [1.82, 2.24) is 0 Å². The van der Waals surface area contributed by atoms with Crippen molar-refractivity contribution in [3.63, 3.8) is 0 Å². The molecule has 0 atom stereocenters. The number of hydrogen-bond acceptors (Lipinski definition) is 11. The van der Waals surface area contributed by atoms with Gasteiger partial charge in [-0.1, -0.05) is 225 Å². The number of rotatable bonds is 36. The summed E-state index contributed by atoms with van der Waals surface area (Å²) in [7, 11) is 0. The van der Waals surface area contributed by atoms with E-state index in [1.54, 1.807) is 24.3 Å². The van der Waals surface area contributed by atoms with Crippen LogP contribution >= 0.6 is 0 Å². The van der Waals surface area contributed by atoms with E-state index < -0.39 is 23.5 Å². The highest BCUT2D eigenvalue weighted by Crippen LogP contribution is 2.37. The molecule has 0 spiro atoms. The van der Waals surface area contributed by atoms with Crippen molar-refractivity contribution >= 4 is 94.5 Å². The first kappa shape index (κ1) is 79.5. The van der Waals surface area contributed by atoms with Crippen LogP contribution in [0.15, 0.2) is 217 Å². The van der Waals surface area contributed by atoms with Gasteiger partial charge in [0.2, 0.25) is 0 Å². The molecule has 0 aliphatic carbocycles. The van der Waals surface area contributed by atoms with Crippen molar-refractivity contribution in [3.05, 3.63) is 251 Å². The number of aliphatic carboxylic acids is 3. The van der Waals surface area contributed by atoms with Crippen molar-refractivity contribution in [2.45, 2.75) is 144 Å². The average molecular weight is 1350 g/mol. The quantitative estimate of drug-likeness (QED) is 0.0110. The second-order valence-corrected chi connectivity index (χ2v) is 24.5. The molecule has 520 valence electrons. The van der Waals surface area contributed by atoms with E-state index in [1.807, 2.05) is 142 Å². The molecule has 14 heteroatoms. The van der Waals surface area contributed by atoms with Gasteiger partial charge < -0.3 is 39.3 Å². The minimum absolute atomic E-state index is 0. The molecule has 0 amide bonds. The van der Waals surface area contributed by atoms with Gasteiger partial charge in [-0.15, -0.1) is 0 Å². The van der Waals surface area contributed by atoms with Crippen LogP contribution in [0.4, 0.5) is 34.1 Å². The Morgan fingerprint density at radius 2 is 0.680 bits per heavy atom. The summed E-state index contributed by atoms with van der Waals surface area (Å²) in [6, 6.07) is 72.2. The lowest BCUT2D eigenvalue weighted by Gasteiger charge is -2.25. The standard InChI is InChI=1S/C44H48N2O5.C40H40N2O5.2CH4/c1-44(2,3)51-42(47)21-15-7-5-4-6-8-16-30-50-41-31-35(24-27-36(41)32-37(33-45)43(48)49)23-22-34-25-28-40(29-26-34)46(38-17-11-9-12-18-38)39-19-13-10-14-20-39;41-30-34(40(45)46)29-33-24-21-32(28-38(33)47-27-13-5-3-1-2-4-12-18-39(43)44)20-19-31-22-25-37(26-23-31)42(35-14-8-6-9-15-35)36-16-10-7-11-17-36;;/h9-14,17-20,22-29,31-32H,4-8,15-16,21,30H2,1-3H3,(H,48,49);6-11,14-17,19-26,28-29H,1-5,12-13,18,27H2,(H,43,44)(H,45,46);2*1H4/b23-22+,37-32-;20-19+,34-29-;;. The summed E-state index contributed by atoms with van der Waals surface area (Å²) < 4.78 is 17.6. The predicted molar refractivity (Wildman–Crippen MR) is 407 cm³/mol. The lowest BCUT2D eigenvalue weighted by molar-refractivity contribution is -0.155. The van der Waals surface area contributed by atoms with Gasteiger partial charge in [-0.25, -0.2) is 9.59 Å². The monoisotopic (exact) mass is 1340 g/mol. The number of carboxylic acid groups (broad SMARTS) is 3. The van der Waals surface area contributed by atoms with Gasteiger partial charge in [-0.2, -0.15) is 10.5 Å².